The summed E-state index contributed by atoms with van der Waals surface area (Å²) in [6.45, 7) is 0. The number of aromatic hydroxyl groups is 1. The summed E-state index contributed by atoms with van der Waals surface area (Å²) in [5, 5.41) is 8.26. The summed E-state index contributed by atoms with van der Waals surface area (Å²) >= 11 is 5.96. The zero-order valence-corrected chi connectivity index (χ0v) is 12.0. The molecule has 0 bridgehead atoms. The number of benzene rings is 2. The monoisotopic (exact) mass is 304 g/mol. The van der Waals surface area contributed by atoms with Crippen molar-refractivity contribution >= 4 is 23.2 Å². The van der Waals surface area contributed by atoms with Crippen LogP contribution in [-0.2, 0) is 0 Å². The topological polar surface area (TPSA) is 63.6 Å². The van der Waals surface area contributed by atoms with Gasteiger partial charge in [0.25, 0.3) is 0 Å². The Morgan fingerprint density at radius 1 is 1.05 bits per heavy atom. The van der Waals surface area contributed by atoms with Crippen LogP contribution >= 0.6 is 11.6 Å². The van der Waals surface area contributed by atoms with Crippen molar-refractivity contribution < 1.29 is 19.4 Å². The van der Waals surface area contributed by atoms with E-state index < -0.39 is 16.9 Å². The minimum Gasteiger partial charge on any atom is -0.507 e. The first-order chi connectivity index (χ1) is 10.0. The summed E-state index contributed by atoms with van der Waals surface area (Å²) in [5.74, 6) is -0.747. The van der Waals surface area contributed by atoms with Gasteiger partial charge >= 0.3 is 0 Å². The average Bonchev–Trinajstić information content (AvgIpc) is 2.53. The molecule has 0 aliphatic carbocycles. The van der Waals surface area contributed by atoms with Crippen molar-refractivity contribution in [1.82, 2.24) is 0 Å². The lowest BCUT2D eigenvalue weighted by molar-refractivity contribution is 0.0898. The standard InChI is InChI=1S/C16H13ClO4/c1-21-11-8-6-10(7-9-11)15(19)14(17)16(20)12-4-2-3-5-13(12)18/h2-9,14,18H,1H3. The van der Waals surface area contributed by atoms with E-state index in [-0.39, 0.29) is 11.3 Å². The third kappa shape index (κ3) is 3.23. The number of Topliss-reactive ketones (excluding diaryl/α,β-unsaturated/α-hetero) is 2. The number of phenolic OH excluding ortho intramolecular Hbond substituents is 1. The fourth-order valence-corrected chi connectivity index (χ4v) is 2.08. The van der Waals surface area contributed by atoms with Gasteiger partial charge in [0.15, 0.2) is 16.9 Å². The number of hydrogen-bond acceptors (Lipinski definition) is 4. The van der Waals surface area contributed by atoms with E-state index in [0.717, 1.165) is 0 Å². The van der Waals surface area contributed by atoms with Crippen LogP contribution in [0.15, 0.2) is 48.5 Å². The van der Waals surface area contributed by atoms with Crippen molar-refractivity contribution in [1.29, 1.82) is 0 Å². The van der Waals surface area contributed by atoms with Gasteiger partial charge in [-0.05, 0) is 36.4 Å². The summed E-state index contributed by atoms with van der Waals surface area (Å²) in [5.41, 5.74) is 0.332. The normalized spacial score (nSPS) is 11.7. The zero-order valence-electron chi connectivity index (χ0n) is 11.2. The molecule has 2 aromatic carbocycles. The molecule has 0 amide bonds. The van der Waals surface area contributed by atoms with E-state index in [1.54, 1.807) is 24.3 Å². The number of ether oxygens (including phenoxy) is 1. The number of carbonyl (C=O) groups excluding carboxylic acids is 2. The lowest BCUT2D eigenvalue weighted by Crippen LogP contribution is -2.25. The molecule has 0 saturated heterocycles. The number of ketones is 2. The fraction of sp³-hybridized carbons (Fsp3) is 0.125. The molecule has 1 unspecified atom stereocenters. The van der Waals surface area contributed by atoms with Crippen LogP contribution in [0.4, 0.5) is 0 Å². The van der Waals surface area contributed by atoms with E-state index in [2.05, 4.69) is 0 Å². The van der Waals surface area contributed by atoms with E-state index >= 15 is 0 Å². The summed E-state index contributed by atoms with van der Waals surface area (Å²) < 4.78 is 5.00. The highest BCUT2D eigenvalue weighted by molar-refractivity contribution is 6.46. The minimum absolute atomic E-state index is 0.0272. The predicted molar refractivity (Wildman–Crippen MR) is 79.4 cm³/mol. The second-order valence-corrected chi connectivity index (χ2v) is 4.77. The quantitative estimate of drug-likeness (QED) is 0.524. The minimum atomic E-state index is -1.38. The maximum Gasteiger partial charge on any atom is 0.192 e. The predicted octanol–water partition coefficient (Wildman–Crippen LogP) is 3.07. The SMILES string of the molecule is COc1ccc(C(=O)C(Cl)C(=O)c2ccccc2O)cc1. The van der Waals surface area contributed by atoms with Gasteiger partial charge in [-0.25, -0.2) is 0 Å². The summed E-state index contributed by atoms with van der Waals surface area (Å²) in [6, 6.07) is 12.3. The van der Waals surface area contributed by atoms with Gasteiger partial charge in [0.1, 0.15) is 11.5 Å². The Hall–Kier alpha value is -2.33. The van der Waals surface area contributed by atoms with Crippen molar-refractivity contribution in [2.24, 2.45) is 0 Å². The molecule has 0 fully saturated rings. The lowest BCUT2D eigenvalue weighted by atomic mass is 10.0. The van der Waals surface area contributed by atoms with Gasteiger partial charge in [0, 0.05) is 5.56 Å². The average molecular weight is 305 g/mol. The zero-order chi connectivity index (χ0) is 15.4. The first-order valence-corrected chi connectivity index (χ1v) is 6.62. The maximum atomic E-state index is 12.2. The van der Waals surface area contributed by atoms with Gasteiger partial charge in [-0.2, -0.15) is 0 Å². The third-order valence-corrected chi connectivity index (χ3v) is 3.40. The molecule has 0 spiro atoms. The molecule has 1 N–H and O–H groups in total. The van der Waals surface area contributed by atoms with Crippen molar-refractivity contribution in [3.05, 3.63) is 59.7 Å². The van der Waals surface area contributed by atoms with Crippen molar-refractivity contribution in [2.45, 2.75) is 5.38 Å². The van der Waals surface area contributed by atoms with Crippen molar-refractivity contribution in [2.75, 3.05) is 7.11 Å². The second kappa shape index (κ2) is 6.41. The molecule has 0 aromatic heterocycles. The Morgan fingerprint density at radius 3 is 2.24 bits per heavy atom. The van der Waals surface area contributed by atoms with E-state index in [9.17, 15) is 14.7 Å². The molecule has 5 heteroatoms. The van der Waals surface area contributed by atoms with E-state index in [4.69, 9.17) is 16.3 Å². The smallest absolute Gasteiger partial charge is 0.192 e. The number of methoxy groups -OCH3 is 1. The third-order valence-electron chi connectivity index (χ3n) is 3.00. The maximum absolute atomic E-state index is 12.2. The Kier molecular flexibility index (Phi) is 4.60. The summed E-state index contributed by atoms with van der Waals surface area (Å²) in [6.07, 6.45) is 0. The molecule has 2 aromatic rings. The molecular formula is C16H13ClO4. The molecule has 4 nitrogen and oxygen atoms in total. The van der Waals surface area contributed by atoms with E-state index in [1.807, 2.05) is 0 Å². The number of hydrogen-bond donors (Lipinski definition) is 1. The van der Waals surface area contributed by atoms with Gasteiger partial charge < -0.3 is 9.84 Å². The lowest BCUT2D eigenvalue weighted by Gasteiger charge is -2.09. The highest BCUT2D eigenvalue weighted by Crippen LogP contribution is 2.22. The van der Waals surface area contributed by atoms with Crippen LogP contribution < -0.4 is 4.74 Å². The van der Waals surface area contributed by atoms with Gasteiger partial charge in [-0.3, -0.25) is 9.59 Å². The van der Waals surface area contributed by atoms with E-state index in [0.29, 0.717) is 11.3 Å². The summed E-state index contributed by atoms with van der Waals surface area (Å²) in [7, 11) is 1.52. The van der Waals surface area contributed by atoms with Crippen molar-refractivity contribution in [3.8, 4) is 11.5 Å². The van der Waals surface area contributed by atoms with Gasteiger partial charge in [0.05, 0.1) is 12.7 Å². The number of halogens is 1. The molecule has 0 radical (unpaired) electrons. The number of rotatable bonds is 5. The van der Waals surface area contributed by atoms with Crippen LogP contribution in [-0.4, -0.2) is 29.2 Å². The second-order valence-electron chi connectivity index (χ2n) is 4.34. The van der Waals surface area contributed by atoms with Crippen LogP contribution in [0.25, 0.3) is 0 Å². The van der Waals surface area contributed by atoms with Gasteiger partial charge in [-0.1, -0.05) is 12.1 Å². The first kappa shape index (κ1) is 15.1. The molecule has 2 rings (SSSR count). The number of phenols is 1. The largest absolute Gasteiger partial charge is 0.507 e. The Morgan fingerprint density at radius 2 is 1.67 bits per heavy atom. The number of carbonyl (C=O) groups is 2. The number of para-hydroxylation sites is 1. The fourth-order valence-electron chi connectivity index (χ4n) is 1.84. The summed E-state index contributed by atoms with van der Waals surface area (Å²) in [4.78, 5) is 24.4. The Labute approximate surface area is 126 Å². The van der Waals surface area contributed by atoms with Crippen molar-refractivity contribution in [3.63, 3.8) is 0 Å². The Bertz CT molecular complexity index is 664. The molecule has 0 aliphatic heterocycles. The van der Waals surface area contributed by atoms with Crippen LogP contribution in [0, 0.1) is 0 Å². The van der Waals surface area contributed by atoms with E-state index in [1.165, 1.54) is 31.4 Å². The van der Waals surface area contributed by atoms with Crippen LogP contribution in [0.1, 0.15) is 20.7 Å². The Balaban J connectivity index is 2.22. The van der Waals surface area contributed by atoms with Gasteiger partial charge in [-0.15, -0.1) is 11.6 Å². The van der Waals surface area contributed by atoms with Crippen LogP contribution in [0.2, 0.25) is 0 Å². The highest BCUT2D eigenvalue weighted by atomic mass is 35.5. The molecule has 1 atom stereocenters. The van der Waals surface area contributed by atoms with Crippen LogP contribution in [0.5, 0.6) is 11.5 Å². The molecular weight excluding hydrogens is 292 g/mol. The molecule has 0 saturated carbocycles. The van der Waals surface area contributed by atoms with Gasteiger partial charge in [0.2, 0.25) is 0 Å². The highest BCUT2D eigenvalue weighted by Gasteiger charge is 2.27. The van der Waals surface area contributed by atoms with Crippen LogP contribution in [0.3, 0.4) is 0 Å². The first-order valence-electron chi connectivity index (χ1n) is 6.19. The number of alkyl halides is 1. The molecule has 0 heterocycles. The molecule has 0 aliphatic rings. The molecule has 108 valence electrons. The molecule has 21 heavy (non-hydrogen) atoms.